The zero-order chi connectivity index (χ0) is 24.7. The molecule has 1 aliphatic carbocycles. The Balaban J connectivity index is 1.77. The summed E-state index contributed by atoms with van der Waals surface area (Å²) in [5.41, 5.74) is 0. The second kappa shape index (κ2) is 12.4. The number of likely N-dealkylation sites (N-methyl/N-ethyl adjacent to an activating group) is 1. The van der Waals surface area contributed by atoms with Gasteiger partial charge in [-0.2, -0.15) is 0 Å². The molecular weight excluding hydrogens is 438 g/mol. The molecule has 0 bridgehead atoms. The number of amides is 4. The van der Waals surface area contributed by atoms with Gasteiger partial charge in [0.25, 0.3) is 0 Å². The number of carboxylic acids is 1. The zero-order valence-electron chi connectivity index (χ0n) is 20.7. The number of aliphatic carboxylic acids is 1. The van der Waals surface area contributed by atoms with Crippen molar-refractivity contribution < 1.29 is 24.3 Å². The van der Waals surface area contributed by atoms with Crippen LogP contribution in [0.3, 0.4) is 0 Å². The lowest BCUT2D eigenvalue weighted by molar-refractivity contribution is -0.187. The fraction of sp³-hybridized carbons (Fsp3) is 0.833. The maximum absolute atomic E-state index is 13.3. The van der Waals surface area contributed by atoms with Crippen LogP contribution in [0.25, 0.3) is 0 Å². The summed E-state index contributed by atoms with van der Waals surface area (Å²) in [5, 5.41) is 15.5. The number of carboxylic acid groups (broad SMARTS) is 1. The maximum Gasteiger partial charge on any atom is 0.333 e. The fourth-order valence-corrected chi connectivity index (χ4v) is 5.48. The lowest BCUT2D eigenvalue weighted by Crippen LogP contribution is -2.76. The van der Waals surface area contributed by atoms with Crippen molar-refractivity contribution in [3.8, 4) is 0 Å². The summed E-state index contributed by atoms with van der Waals surface area (Å²) in [4.78, 5) is 54.1. The van der Waals surface area contributed by atoms with Crippen LogP contribution in [-0.4, -0.2) is 94.2 Å². The van der Waals surface area contributed by atoms with Gasteiger partial charge >= 0.3 is 12.0 Å². The number of carbonyl (C=O) groups is 4. The third kappa shape index (κ3) is 6.40. The highest BCUT2D eigenvalue weighted by Crippen LogP contribution is 2.28. The van der Waals surface area contributed by atoms with Crippen molar-refractivity contribution in [1.82, 2.24) is 25.1 Å². The average Bonchev–Trinajstić information content (AvgIpc) is 2.81. The van der Waals surface area contributed by atoms with Crippen LogP contribution in [0.15, 0.2) is 0 Å². The molecular formula is C24H41N5O5. The Bertz CT molecular complexity index is 741. The van der Waals surface area contributed by atoms with Crippen molar-refractivity contribution in [3.63, 3.8) is 0 Å². The summed E-state index contributed by atoms with van der Waals surface area (Å²) in [7, 11) is 1.71. The molecule has 3 aliphatic rings. The first-order chi connectivity index (χ1) is 16.3. The van der Waals surface area contributed by atoms with Crippen LogP contribution in [0.5, 0.6) is 0 Å². The highest BCUT2D eigenvalue weighted by Gasteiger charge is 2.50. The quantitative estimate of drug-likeness (QED) is 0.465. The minimum absolute atomic E-state index is 0.0271. The van der Waals surface area contributed by atoms with Crippen LogP contribution in [0.4, 0.5) is 4.79 Å². The van der Waals surface area contributed by atoms with Crippen LogP contribution in [0, 0.1) is 5.92 Å². The van der Waals surface area contributed by atoms with Gasteiger partial charge in [0.05, 0.1) is 13.1 Å². The Morgan fingerprint density at radius 3 is 2.50 bits per heavy atom. The van der Waals surface area contributed by atoms with Gasteiger partial charge in [-0.15, -0.1) is 0 Å². The van der Waals surface area contributed by atoms with E-state index in [-0.39, 0.29) is 43.8 Å². The van der Waals surface area contributed by atoms with E-state index >= 15 is 0 Å². The van der Waals surface area contributed by atoms with Crippen LogP contribution >= 0.6 is 0 Å². The average molecular weight is 480 g/mol. The normalized spacial score (nSPS) is 24.4. The molecule has 4 amide bonds. The highest BCUT2D eigenvalue weighted by atomic mass is 16.4. The number of nitrogens with zero attached hydrogens (tertiary/aromatic N) is 4. The van der Waals surface area contributed by atoms with Crippen molar-refractivity contribution in [2.24, 2.45) is 5.92 Å². The molecule has 0 unspecified atom stereocenters. The van der Waals surface area contributed by atoms with Crippen molar-refractivity contribution in [3.05, 3.63) is 0 Å². The van der Waals surface area contributed by atoms with Gasteiger partial charge in [0.2, 0.25) is 11.8 Å². The van der Waals surface area contributed by atoms with E-state index in [2.05, 4.69) is 12.2 Å². The van der Waals surface area contributed by atoms with E-state index in [4.69, 9.17) is 0 Å². The first kappa shape index (κ1) is 26.2. The Morgan fingerprint density at radius 2 is 1.82 bits per heavy atom. The number of urea groups is 1. The molecule has 0 aromatic rings. The number of rotatable bonds is 10. The number of fused-ring (bicyclic) bond motifs is 1. The second-order valence-corrected chi connectivity index (χ2v) is 9.93. The van der Waals surface area contributed by atoms with Crippen LogP contribution in [-0.2, 0) is 14.4 Å². The SMILES string of the molecule is CCCCCCN1C[C@H]2N(C(=O)CN(C)N2C(=O)NCC2CCCCC2)[C@@H](CCC(=O)O)C1=O. The largest absolute Gasteiger partial charge is 0.481 e. The van der Waals surface area contributed by atoms with Crippen molar-refractivity contribution in [2.45, 2.75) is 89.8 Å². The molecule has 0 radical (unpaired) electrons. The number of hydrogen-bond donors (Lipinski definition) is 2. The Hall–Kier alpha value is -2.36. The van der Waals surface area contributed by atoms with Crippen LogP contribution in [0.2, 0.25) is 0 Å². The standard InChI is InChI=1S/C24H41N5O5/c1-3-4-5-9-14-27-16-20-28(19(23(27)33)12-13-22(31)32)21(30)17-26(2)29(20)24(34)25-15-18-10-7-6-8-11-18/h18-20H,3-17H2,1-2H3,(H,25,34)(H,31,32)/t19-,20-/m0/s1. The highest BCUT2D eigenvalue weighted by molar-refractivity contribution is 5.91. The molecule has 2 atom stereocenters. The Labute approximate surface area is 202 Å². The molecule has 34 heavy (non-hydrogen) atoms. The first-order valence-electron chi connectivity index (χ1n) is 12.9. The summed E-state index contributed by atoms with van der Waals surface area (Å²) in [5.74, 6) is -1.00. The Kier molecular flexibility index (Phi) is 9.55. The topological polar surface area (TPSA) is 114 Å². The molecule has 10 heteroatoms. The number of hydrazine groups is 1. The van der Waals surface area contributed by atoms with E-state index in [1.807, 2.05) is 0 Å². The summed E-state index contributed by atoms with van der Waals surface area (Å²) >= 11 is 0. The molecule has 10 nitrogen and oxygen atoms in total. The van der Waals surface area contributed by atoms with Crippen molar-refractivity contribution in [2.75, 3.05) is 33.2 Å². The lowest BCUT2D eigenvalue weighted by atomic mass is 9.89. The summed E-state index contributed by atoms with van der Waals surface area (Å²) in [6.45, 7) is 3.48. The number of hydrogen-bond acceptors (Lipinski definition) is 5. The van der Waals surface area contributed by atoms with Gasteiger partial charge in [0.1, 0.15) is 12.2 Å². The van der Waals surface area contributed by atoms with Gasteiger partial charge in [0.15, 0.2) is 0 Å². The lowest BCUT2D eigenvalue weighted by Gasteiger charge is -2.54. The van der Waals surface area contributed by atoms with Crippen molar-refractivity contribution >= 4 is 23.8 Å². The summed E-state index contributed by atoms with van der Waals surface area (Å²) in [6.07, 6.45) is 9.06. The number of carbonyl (C=O) groups excluding carboxylic acids is 3. The van der Waals surface area contributed by atoms with Crippen molar-refractivity contribution in [1.29, 1.82) is 0 Å². The molecule has 2 saturated heterocycles. The molecule has 0 aromatic carbocycles. The van der Waals surface area contributed by atoms with Crippen LogP contribution < -0.4 is 5.32 Å². The van der Waals surface area contributed by atoms with Gasteiger partial charge < -0.3 is 20.2 Å². The monoisotopic (exact) mass is 479 g/mol. The number of unbranched alkanes of at least 4 members (excludes halogenated alkanes) is 3. The minimum atomic E-state index is -1.01. The molecule has 2 heterocycles. The van der Waals surface area contributed by atoms with Gasteiger partial charge in [-0.05, 0) is 31.6 Å². The molecule has 0 aromatic heterocycles. The second-order valence-electron chi connectivity index (χ2n) is 9.93. The maximum atomic E-state index is 13.3. The van der Waals surface area contributed by atoms with E-state index < -0.39 is 18.2 Å². The third-order valence-electron chi connectivity index (χ3n) is 7.33. The van der Waals surface area contributed by atoms with E-state index in [1.165, 1.54) is 24.2 Å². The zero-order valence-corrected chi connectivity index (χ0v) is 20.7. The molecule has 3 fully saturated rings. The minimum Gasteiger partial charge on any atom is -0.481 e. The number of piperazine rings is 1. The van der Waals surface area contributed by atoms with Gasteiger partial charge in [-0.3, -0.25) is 14.4 Å². The van der Waals surface area contributed by atoms with Gasteiger partial charge in [-0.25, -0.2) is 14.8 Å². The summed E-state index contributed by atoms with van der Waals surface area (Å²) in [6, 6.07) is -1.14. The van der Waals surface area contributed by atoms with Crippen LogP contribution in [0.1, 0.15) is 77.6 Å². The Morgan fingerprint density at radius 1 is 1.09 bits per heavy atom. The van der Waals surface area contributed by atoms with Gasteiger partial charge in [0, 0.05) is 26.6 Å². The predicted octanol–water partition coefficient (Wildman–Crippen LogP) is 2.25. The molecule has 192 valence electrons. The number of nitrogens with one attached hydrogen (secondary N) is 1. The van der Waals surface area contributed by atoms with Gasteiger partial charge in [-0.1, -0.05) is 45.4 Å². The molecule has 0 spiro atoms. The molecule has 2 aliphatic heterocycles. The van der Waals surface area contributed by atoms with E-state index in [9.17, 15) is 24.3 Å². The molecule has 1 saturated carbocycles. The van der Waals surface area contributed by atoms with E-state index in [0.717, 1.165) is 38.5 Å². The molecule has 3 rings (SSSR count). The van der Waals surface area contributed by atoms with E-state index in [1.54, 1.807) is 22.0 Å². The summed E-state index contributed by atoms with van der Waals surface area (Å²) < 4.78 is 0. The molecule has 2 N–H and O–H groups in total. The predicted molar refractivity (Wildman–Crippen MR) is 126 cm³/mol. The third-order valence-corrected chi connectivity index (χ3v) is 7.33. The van der Waals surface area contributed by atoms with E-state index in [0.29, 0.717) is 19.0 Å². The smallest absolute Gasteiger partial charge is 0.333 e. The first-order valence-corrected chi connectivity index (χ1v) is 12.9. The fourth-order valence-electron chi connectivity index (χ4n) is 5.48.